The lowest BCUT2D eigenvalue weighted by Crippen LogP contribution is -2.38. The Balaban J connectivity index is 1.21. The summed E-state index contributed by atoms with van der Waals surface area (Å²) in [5.41, 5.74) is 1.99. The van der Waals surface area contributed by atoms with Crippen LogP contribution in [0, 0.1) is 0 Å². The number of hydrogen-bond donors (Lipinski definition) is 1. The average molecular weight is 517 g/mol. The summed E-state index contributed by atoms with van der Waals surface area (Å²) in [5.74, 6) is -0.242. The maximum absolute atomic E-state index is 13.2. The van der Waals surface area contributed by atoms with Crippen LogP contribution in [0.4, 0.5) is 0 Å². The van der Waals surface area contributed by atoms with Gasteiger partial charge in [0.1, 0.15) is 16.1 Å². The van der Waals surface area contributed by atoms with Gasteiger partial charge >= 0.3 is 0 Å². The summed E-state index contributed by atoms with van der Waals surface area (Å²) < 4.78 is 30.2. The van der Waals surface area contributed by atoms with E-state index in [9.17, 15) is 13.2 Å². The summed E-state index contributed by atoms with van der Waals surface area (Å²) in [7, 11) is -3.60. The lowest BCUT2D eigenvalue weighted by atomic mass is 10.1. The van der Waals surface area contributed by atoms with E-state index in [1.165, 1.54) is 22.0 Å². The highest BCUT2D eigenvalue weighted by Gasteiger charge is 2.31. The molecular formula is C22H21ClN6O3S2. The predicted octanol–water partition coefficient (Wildman–Crippen LogP) is 3.50. The Bertz CT molecular complexity index is 1430. The van der Waals surface area contributed by atoms with E-state index >= 15 is 0 Å². The maximum Gasteiger partial charge on any atom is 0.252 e. The molecule has 3 aromatic heterocycles. The van der Waals surface area contributed by atoms with E-state index in [-0.39, 0.29) is 22.7 Å². The molecule has 34 heavy (non-hydrogen) atoms. The van der Waals surface area contributed by atoms with Gasteiger partial charge in [0.2, 0.25) is 0 Å². The van der Waals surface area contributed by atoms with E-state index < -0.39 is 10.0 Å². The van der Waals surface area contributed by atoms with Crippen LogP contribution in [0.1, 0.15) is 34.1 Å². The fourth-order valence-electron chi connectivity index (χ4n) is 4.00. The molecule has 1 N–H and O–H groups in total. The Morgan fingerprint density at radius 3 is 2.65 bits per heavy atom. The maximum atomic E-state index is 13.2. The molecule has 0 spiro atoms. The molecule has 1 aromatic carbocycles. The second kappa shape index (κ2) is 9.41. The minimum absolute atomic E-state index is 0.133. The number of imidazole rings is 1. The third kappa shape index (κ3) is 4.56. The Labute approximate surface area is 205 Å². The minimum atomic E-state index is -3.60. The zero-order chi connectivity index (χ0) is 23.7. The lowest BCUT2D eigenvalue weighted by Gasteiger charge is -2.31. The van der Waals surface area contributed by atoms with Gasteiger partial charge in [0.05, 0.1) is 19.1 Å². The summed E-state index contributed by atoms with van der Waals surface area (Å²) in [4.78, 5) is 25.7. The van der Waals surface area contributed by atoms with Crippen LogP contribution in [0.15, 0.2) is 59.5 Å². The number of piperidine rings is 1. The van der Waals surface area contributed by atoms with Gasteiger partial charge in [-0.3, -0.25) is 4.79 Å². The summed E-state index contributed by atoms with van der Waals surface area (Å²) in [5, 5.41) is 3.37. The molecule has 1 aliphatic rings. The van der Waals surface area contributed by atoms with Gasteiger partial charge in [-0.25, -0.2) is 23.4 Å². The summed E-state index contributed by atoms with van der Waals surface area (Å²) in [6, 6.07) is 10.1. The number of rotatable bonds is 6. The normalized spacial score (nSPS) is 15.6. The van der Waals surface area contributed by atoms with Gasteiger partial charge in [0, 0.05) is 34.6 Å². The van der Waals surface area contributed by atoms with Gasteiger partial charge < -0.3 is 9.88 Å². The molecule has 0 saturated carbocycles. The Morgan fingerprint density at radius 1 is 1.12 bits per heavy atom. The molecular weight excluding hydrogens is 496 g/mol. The SMILES string of the molecule is O=C(NCc1ccc(S(=O)(=O)N2CCC(n3cnc4cncnc43)CC2)s1)c1ccc(Cl)cc1. The standard InChI is InChI=1S/C22H21ClN6O3S2/c23-16-3-1-15(2-4-16)22(30)25-11-18-5-6-20(33-18)34(31,32)28-9-7-17(8-10-28)29-14-27-19-12-24-13-26-21(19)29/h1-6,12-14,17H,7-11H2,(H,25,30). The summed E-state index contributed by atoms with van der Waals surface area (Å²) in [6.07, 6.45) is 6.25. The third-order valence-corrected chi connectivity index (χ3v) is 9.52. The largest absolute Gasteiger partial charge is 0.347 e. The van der Waals surface area contributed by atoms with Crippen molar-refractivity contribution in [1.82, 2.24) is 29.1 Å². The number of halogens is 1. The first-order chi connectivity index (χ1) is 16.4. The van der Waals surface area contributed by atoms with E-state index in [2.05, 4.69) is 20.3 Å². The van der Waals surface area contributed by atoms with Gasteiger partial charge in [-0.2, -0.15) is 4.31 Å². The number of carbonyl (C=O) groups excluding carboxylic acids is 1. The molecule has 0 bridgehead atoms. The van der Waals surface area contributed by atoms with Crippen LogP contribution in [0.25, 0.3) is 11.2 Å². The van der Waals surface area contributed by atoms with E-state index in [1.807, 2.05) is 4.57 Å². The smallest absolute Gasteiger partial charge is 0.252 e. The van der Waals surface area contributed by atoms with Gasteiger partial charge in [0.25, 0.3) is 15.9 Å². The second-order valence-electron chi connectivity index (χ2n) is 7.93. The minimum Gasteiger partial charge on any atom is -0.347 e. The van der Waals surface area contributed by atoms with Crippen molar-refractivity contribution in [3.63, 3.8) is 0 Å². The quantitative estimate of drug-likeness (QED) is 0.420. The van der Waals surface area contributed by atoms with Crippen molar-refractivity contribution < 1.29 is 13.2 Å². The molecule has 5 rings (SSSR count). The first-order valence-corrected chi connectivity index (χ1v) is 13.3. The van der Waals surface area contributed by atoms with E-state index in [4.69, 9.17) is 11.6 Å². The van der Waals surface area contributed by atoms with Crippen molar-refractivity contribution in [3.8, 4) is 0 Å². The number of sulfonamides is 1. The number of hydrogen-bond acceptors (Lipinski definition) is 7. The average Bonchev–Trinajstić information content (AvgIpc) is 3.51. The molecule has 176 valence electrons. The van der Waals surface area contributed by atoms with Crippen molar-refractivity contribution in [3.05, 3.63) is 70.7 Å². The van der Waals surface area contributed by atoms with Crippen LogP contribution in [-0.4, -0.2) is 51.2 Å². The van der Waals surface area contributed by atoms with Crippen LogP contribution >= 0.6 is 22.9 Å². The van der Waals surface area contributed by atoms with Gasteiger partial charge in [0.15, 0.2) is 5.65 Å². The fraction of sp³-hybridized carbons (Fsp3) is 0.273. The first-order valence-electron chi connectivity index (χ1n) is 10.7. The van der Waals surface area contributed by atoms with Crippen molar-refractivity contribution >= 4 is 50.0 Å². The van der Waals surface area contributed by atoms with Crippen LogP contribution in [0.2, 0.25) is 5.02 Å². The van der Waals surface area contributed by atoms with Crippen LogP contribution in [0.5, 0.6) is 0 Å². The monoisotopic (exact) mass is 516 g/mol. The highest BCUT2D eigenvalue weighted by molar-refractivity contribution is 7.91. The molecule has 4 aromatic rings. The summed E-state index contributed by atoms with van der Waals surface area (Å²) >= 11 is 7.03. The molecule has 1 amide bonds. The van der Waals surface area contributed by atoms with Gasteiger partial charge in [-0.05, 0) is 49.2 Å². The van der Waals surface area contributed by atoms with E-state index in [1.54, 1.807) is 48.9 Å². The molecule has 0 radical (unpaired) electrons. The third-order valence-electron chi connectivity index (χ3n) is 5.82. The number of nitrogens with one attached hydrogen (secondary N) is 1. The molecule has 9 nitrogen and oxygen atoms in total. The first kappa shape index (κ1) is 22.9. The molecule has 0 atom stereocenters. The molecule has 1 fully saturated rings. The van der Waals surface area contributed by atoms with Crippen LogP contribution in [-0.2, 0) is 16.6 Å². The number of carbonyl (C=O) groups is 1. The lowest BCUT2D eigenvalue weighted by molar-refractivity contribution is 0.0951. The zero-order valence-corrected chi connectivity index (χ0v) is 20.4. The van der Waals surface area contributed by atoms with Crippen LogP contribution < -0.4 is 5.32 Å². The Morgan fingerprint density at radius 2 is 1.88 bits per heavy atom. The molecule has 1 saturated heterocycles. The second-order valence-corrected chi connectivity index (χ2v) is 11.7. The predicted molar refractivity (Wildman–Crippen MR) is 129 cm³/mol. The highest BCUT2D eigenvalue weighted by atomic mass is 35.5. The van der Waals surface area contributed by atoms with E-state index in [0.29, 0.717) is 36.5 Å². The topological polar surface area (TPSA) is 110 Å². The molecule has 4 heterocycles. The van der Waals surface area contributed by atoms with Gasteiger partial charge in [-0.1, -0.05) is 11.6 Å². The van der Waals surface area contributed by atoms with Crippen molar-refractivity contribution in [2.45, 2.75) is 29.6 Å². The number of benzene rings is 1. The molecule has 12 heteroatoms. The summed E-state index contributed by atoms with van der Waals surface area (Å²) in [6.45, 7) is 1.08. The number of amides is 1. The fourth-order valence-corrected chi connectivity index (χ4v) is 7.05. The van der Waals surface area contributed by atoms with Gasteiger partial charge in [-0.15, -0.1) is 11.3 Å². The van der Waals surface area contributed by atoms with Crippen molar-refractivity contribution in [2.75, 3.05) is 13.1 Å². The zero-order valence-electron chi connectivity index (χ0n) is 18.0. The number of aromatic nitrogens is 4. The number of thiophene rings is 1. The molecule has 0 unspecified atom stereocenters. The number of fused-ring (bicyclic) bond motifs is 1. The van der Waals surface area contributed by atoms with Crippen molar-refractivity contribution in [2.24, 2.45) is 0 Å². The highest BCUT2D eigenvalue weighted by Crippen LogP contribution is 2.31. The van der Waals surface area contributed by atoms with E-state index in [0.717, 1.165) is 16.0 Å². The Kier molecular flexibility index (Phi) is 6.34. The molecule has 1 aliphatic heterocycles. The number of nitrogens with zero attached hydrogens (tertiary/aromatic N) is 5. The Hall–Kier alpha value is -2.86. The van der Waals surface area contributed by atoms with Crippen molar-refractivity contribution in [1.29, 1.82) is 0 Å². The molecule has 0 aliphatic carbocycles. The van der Waals surface area contributed by atoms with Crippen LogP contribution in [0.3, 0.4) is 0 Å².